The molecule has 104 valence electrons. The number of carbonyl (C=O) groups is 1. The van der Waals surface area contributed by atoms with Crippen LogP contribution in [0, 0.1) is 10.7 Å². The van der Waals surface area contributed by atoms with Gasteiger partial charge in [0.05, 0.1) is 7.14 Å². The molecule has 0 spiro atoms. The summed E-state index contributed by atoms with van der Waals surface area (Å²) in [5, 5.41) is 0. The number of Topliss-reactive ketones (excluding diaryl/α,β-unsaturated/α-hetero) is 1. The summed E-state index contributed by atoms with van der Waals surface area (Å²) in [7, 11) is 0. The molecule has 0 bridgehead atoms. The number of carbonyl (C=O) groups excluding carboxylic acids is 1. The number of rotatable bonds is 5. The fourth-order valence-electron chi connectivity index (χ4n) is 1.81. The molecule has 0 aliphatic heterocycles. The van der Waals surface area contributed by atoms with Crippen molar-refractivity contribution in [3.8, 4) is 5.75 Å². The summed E-state index contributed by atoms with van der Waals surface area (Å²) in [6.45, 7) is 2.64. The first-order valence-electron chi connectivity index (χ1n) is 5.98. The quantitative estimate of drug-likeness (QED) is 0.482. The van der Waals surface area contributed by atoms with Crippen LogP contribution < -0.4 is 4.74 Å². The van der Waals surface area contributed by atoms with Gasteiger partial charge in [-0.3, -0.25) is 4.79 Å². The van der Waals surface area contributed by atoms with E-state index in [2.05, 4.69) is 79.9 Å². The zero-order chi connectivity index (χ0) is 14.0. The maximum atomic E-state index is 11.6. The number of hydrogen-bond donors (Lipinski definition) is 0. The Morgan fingerprint density at radius 2 is 1.89 bits per heavy atom. The smallest absolute Gasteiger partial charge is 0.169 e. The summed E-state index contributed by atoms with van der Waals surface area (Å²) in [5.74, 6) is 1.01. The van der Waals surface area contributed by atoms with Crippen LogP contribution in [0.2, 0.25) is 0 Å². The van der Waals surface area contributed by atoms with Gasteiger partial charge in [-0.1, -0.05) is 6.92 Å². The Kier molecular flexibility index (Phi) is 6.15. The molecular weight excluding hydrogens is 585 g/mol. The molecule has 1 aliphatic rings. The molecule has 2 atom stereocenters. The lowest BCUT2D eigenvalue weighted by atomic mass is 9.90. The van der Waals surface area contributed by atoms with Crippen molar-refractivity contribution in [3.63, 3.8) is 0 Å². The van der Waals surface area contributed by atoms with Crippen molar-refractivity contribution in [3.05, 3.63) is 22.8 Å². The van der Waals surface area contributed by atoms with E-state index in [0.717, 1.165) is 19.3 Å². The van der Waals surface area contributed by atoms with Gasteiger partial charge in [0.15, 0.2) is 11.9 Å². The summed E-state index contributed by atoms with van der Waals surface area (Å²) in [6.07, 6.45) is 0.841. The lowest BCUT2D eigenvalue weighted by Crippen LogP contribution is -2.52. The summed E-state index contributed by atoms with van der Waals surface area (Å²) < 4.78 is 14.9. The first-order valence-corrected chi connectivity index (χ1v) is 9.22. The van der Waals surface area contributed by atoms with Crippen LogP contribution in [0.3, 0.4) is 0 Å². The Bertz CT molecular complexity index is 467. The zero-order valence-corrected chi connectivity index (χ0v) is 16.8. The maximum absolute atomic E-state index is 11.6. The molecule has 1 aliphatic carbocycles. The van der Waals surface area contributed by atoms with Crippen molar-refractivity contribution in [1.82, 2.24) is 0 Å². The fraction of sp³-hybridized carbons (Fsp3) is 0.462. The highest BCUT2D eigenvalue weighted by Crippen LogP contribution is 2.33. The summed E-state index contributed by atoms with van der Waals surface area (Å²) in [4.78, 5) is 11.6. The van der Waals surface area contributed by atoms with Crippen molar-refractivity contribution in [2.75, 3.05) is 6.61 Å². The molecule has 0 aromatic heterocycles. The van der Waals surface area contributed by atoms with Crippen LogP contribution in [-0.4, -0.2) is 24.6 Å². The molecule has 0 saturated heterocycles. The second-order valence-electron chi connectivity index (χ2n) is 4.32. The molecule has 2 unspecified atom stereocenters. The average Bonchev–Trinajstić information content (AvgIpc) is 2.32. The monoisotopic (exact) mass is 598 g/mol. The van der Waals surface area contributed by atoms with Gasteiger partial charge in [-0.05, 0) is 86.3 Å². The molecule has 0 heterocycles. The number of ketones is 1. The Morgan fingerprint density at radius 1 is 1.26 bits per heavy atom. The molecule has 2 rings (SSSR count). The lowest BCUT2D eigenvalue weighted by molar-refractivity contribution is -0.154. The number of hydrogen-bond acceptors (Lipinski definition) is 3. The van der Waals surface area contributed by atoms with Crippen LogP contribution in [0.1, 0.15) is 19.8 Å². The van der Waals surface area contributed by atoms with Crippen LogP contribution in [0.15, 0.2) is 12.1 Å². The van der Waals surface area contributed by atoms with E-state index in [1.54, 1.807) is 0 Å². The molecule has 0 N–H and O–H groups in total. The van der Waals surface area contributed by atoms with Crippen LogP contribution in [0.5, 0.6) is 5.75 Å². The van der Waals surface area contributed by atoms with Crippen LogP contribution >= 0.6 is 67.8 Å². The summed E-state index contributed by atoms with van der Waals surface area (Å²) in [6, 6.07) is 4.14. The SMILES string of the molecule is CCCOC1C(=O)CC1Oc1c(I)cc(I)cc1I. The van der Waals surface area contributed by atoms with Crippen molar-refractivity contribution < 1.29 is 14.3 Å². The van der Waals surface area contributed by atoms with Gasteiger partial charge in [-0.2, -0.15) is 0 Å². The van der Waals surface area contributed by atoms with E-state index in [1.807, 2.05) is 6.92 Å². The van der Waals surface area contributed by atoms with Crippen LogP contribution in [-0.2, 0) is 9.53 Å². The molecule has 6 heteroatoms. The van der Waals surface area contributed by atoms with Gasteiger partial charge in [0, 0.05) is 16.6 Å². The highest BCUT2D eigenvalue weighted by molar-refractivity contribution is 14.1. The van der Waals surface area contributed by atoms with Crippen molar-refractivity contribution >= 4 is 73.6 Å². The number of benzene rings is 1. The van der Waals surface area contributed by atoms with Gasteiger partial charge in [0.1, 0.15) is 11.9 Å². The minimum absolute atomic E-state index is 0.138. The third kappa shape index (κ3) is 3.94. The molecule has 0 radical (unpaired) electrons. The molecule has 1 fully saturated rings. The van der Waals surface area contributed by atoms with E-state index in [9.17, 15) is 4.79 Å². The fourth-order valence-corrected chi connectivity index (χ4v) is 5.65. The van der Waals surface area contributed by atoms with Gasteiger partial charge in [-0.25, -0.2) is 0 Å². The van der Waals surface area contributed by atoms with E-state index in [4.69, 9.17) is 9.47 Å². The van der Waals surface area contributed by atoms with Gasteiger partial charge in [0.2, 0.25) is 0 Å². The Hall–Kier alpha value is 0.840. The van der Waals surface area contributed by atoms with Crippen LogP contribution in [0.25, 0.3) is 0 Å². The van der Waals surface area contributed by atoms with Gasteiger partial charge < -0.3 is 9.47 Å². The molecule has 1 aromatic rings. The minimum atomic E-state index is -0.383. The van der Waals surface area contributed by atoms with E-state index >= 15 is 0 Å². The average molecular weight is 598 g/mol. The lowest BCUT2D eigenvalue weighted by Gasteiger charge is -2.35. The summed E-state index contributed by atoms with van der Waals surface area (Å²) in [5.41, 5.74) is 0. The molecule has 19 heavy (non-hydrogen) atoms. The predicted octanol–water partition coefficient (Wildman–Crippen LogP) is 4.02. The standard InChI is InChI=1S/C13H13I3O3/c1-2-3-18-13-10(17)6-11(13)19-12-8(15)4-7(14)5-9(12)16/h4-5,11,13H,2-3,6H2,1H3. The van der Waals surface area contributed by atoms with E-state index in [0.29, 0.717) is 13.0 Å². The van der Waals surface area contributed by atoms with Crippen LogP contribution in [0.4, 0.5) is 0 Å². The molecular formula is C13H13I3O3. The first-order chi connectivity index (χ1) is 9.02. The Balaban J connectivity index is 2.07. The van der Waals surface area contributed by atoms with Gasteiger partial charge in [0.25, 0.3) is 0 Å². The van der Waals surface area contributed by atoms with Crippen molar-refractivity contribution in [2.45, 2.75) is 32.0 Å². The maximum Gasteiger partial charge on any atom is 0.169 e. The van der Waals surface area contributed by atoms with Gasteiger partial charge in [-0.15, -0.1) is 0 Å². The highest BCUT2D eigenvalue weighted by Gasteiger charge is 2.43. The topological polar surface area (TPSA) is 35.5 Å². The number of ether oxygens (including phenoxy) is 2. The van der Waals surface area contributed by atoms with E-state index < -0.39 is 0 Å². The van der Waals surface area contributed by atoms with Crippen molar-refractivity contribution in [1.29, 1.82) is 0 Å². The van der Waals surface area contributed by atoms with E-state index in [1.165, 1.54) is 3.57 Å². The predicted molar refractivity (Wildman–Crippen MR) is 98.7 cm³/mol. The largest absolute Gasteiger partial charge is 0.485 e. The zero-order valence-electron chi connectivity index (χ0n) is 10.3. The molecule has 3 nitrogen and oxygen atoms in total. The van der Waals surface area contributed by atoms with Crippen molar-refractivity contribution in [2.24, 2.45) is 0 Å². The molecule has 0 amide bonds. The summed E-state index contributed by atoms with van der Waals surface area (Å²) >= 11 is 6.82. The highest BCUT2D eigenvalue weighted by atomic mass is 127. The second kappa shape index (κ2) is 7.21. The second-order valence-corrected chi connectivity index (χ2v) is 7.89. The van der Waals surface area contributed by atoms with Gasteiger partial charge >= 0.3 is 0 Å². The number of halogens is 3. The molecule has 1 aromatic carbocycles. The van der Waals surface area contributed by atoms with E-state index in [-0.39, 0.29) is 18.0 Å². The third-order valence-electron chi connectivity index (χ3n) is 2.79. The molecule has 1 saturated carbocycles. The Morgan fingerprint density at radius 3 is 2.42 bits per heavy atom. The Labute approximate surface area is 153 Å². The third-order valence-corrected chi connectivity index (χ3v) is 5.02. The first kappa shape index (κ1) is 16.2. The minimum Gasteiger partial charge on any atom is -0.485 e. The normalized spacial score (nSPS) is 22.2.